The van der Waals surface area contributed by atoms with Crippen LogP contribution in [0.3, 0.4) is 0 Å². The normalized spacial score (nSPS) is 48.5. The number of carbonyl (C=O) groups is 2. The number of benzene rings is 1. The van der Waals surface area contributed by atoms with Crippen LogP contribution in [0.5, 0.6) is 0 Å². The SMILES string of the molecule is CC(=O)OC1CC[C@H]2[C@@H]3C(Cl)C4OC45CC(OC(=O)c4ccccc4)CC[C@]5(C)[C@@H]3CC[C@]12C. The molecule has 5 fully saturated rings. The first-order chi connectivity index (χ1) is 16.2. The third-order valence-corrected chi connectivity index (χ3v) is 11.1. The molecule has 0 N–H and O–H groups in total. The summed E-state index contributed by atoms with van der Waals surface area (Å²) in [6.07, 6.45) is 6.58. The lowest BCUT2D eigenvalue weighted by Gasteiger charge is -2.60. The first-order valence-corrected chi connectivity index (χ1v) is 13.4. The lowest BCUT2D eigenvalue weighted by molar-refractivity contribution is -0.160. The molecule has 0 radical (unpaired) electrons. The van der Waals surface area contributed by atoms with Crippen LogP contribution >= 0.6 is 11.6 Å². The van der Waals surface area contributed by atoms with Gasteiger partial charge in [-0.25, -0.2) is 4.79 Å². The third-order valence-electron chi connectivity index (χ3n) is 10.5. The highest BCUT2D eigenvalue weighted by molar-refractivity contribution is 6.21. The zero-order chi connectivity index (χ0) is 23.9. The number of esters is 2. The quantitative estimate of drug-likeness (QED) is 0.319. The molecular formula is C28H35ClO5. The summed E-state index contributed by atoms with van der Waals surface area (Å²) in [5.74, 6) is 0.865. The minimum atomic E-state index is -0.290. The molecule has 0 amide bonds. The Balaban J connectivity index is 1.23. The van der Waals surface area contributed by atoms with E-state index in [4.69, 9.17) is 25.8 Å². The Morgan fingerprint density at radius 3 is 2.50 bits per heavy atom. The second-order valence-electron chi connectivity index (χ2n) is 11.9. The average Bonchev–Trinajstić information content (AvgIpc) is 3.46. The van der Waals surface area contributed by atoms with Gasteiger partial charge in [-0.1, -0.05) is 32.0 Å². The van der Waals surface area contributed by atoms with Crippen LogP contribution in [0.15, 0.2) is 30.3 Å². The molecule has 5 aliphatic rings. The van der Waals surface area contributed by atoms with Crippen LogP contribution in [-0.2, 0) is 19.0 Å². The van der Waals surface area contributed by atoms with Gasteiger partial charge in [0, 0.05) is 24.2 Å². The molecule has 4 saturated carbocycles. The first kappa shape index (κ1) is 22.8. The summed E-state index contributed by atoms with van der Waals surface area (Å²) in [7, 11) is 0. The number of halogens is 1. The van der Waals surface area contributed by atoms with Crippen molar-refractivity contribution in [2.75, 3.05) is 0 Å². The molecule has 4 aliphatic carbocycles. The number of hydrogen-bond donors (Lipinski definition) is 0. The Morgan fingerprint density at radius 1 is 1.00 bits per heavy atom. The maximum absolute atomic E-state index is 12.7. The molecule has 1 spiro atoms. The van der Waals surface area contributed by atoms with Crippen molar-refractivity contribution in [2.24, 2.45) is 28.6 Å². The van der Waals surface area contributed by atoms with Crippen molar-refractivity contribution >= 4 is 23.5 Å². The van der Waals surface area contributed by atoms with Crippen molar-refractivity contribution in [1.82, 2.24) is 0 Å². The summed E-state index contributed by atoms with van der Waals surface area (Å²) >= 11 is 7.25. The summed E-state index contributed by atoms with van der Waals surface area (Å²) in [6.45, 7) is 6.24. The molecule has 6 heteroatoms. The molecule has 5 nitrogen and oxygen atoms in total. The predicted molar refractivity (Wildman–Crippen MR) is 127 cm³/mol. The molecule has 184 valence electrons. The zero-order valence-corrected chi connectivity index (χ0v) is 21.1. The van der Waals surface area contributed by atoms with Crippen LogP contribution in [0.4, 0.5) is 0 Å². The van der Waals surface area contributed by atoms with Crippen LogP contribution < -0.4 is 0 Å². The Hall–Kier alpha value is -1.59. The van der Waals surface area contributed by atoms with Gasteiger partial charge in [-0.3, -0.25) is 4.79 Å². The van der Waals surface area contributed by atoms with Crippen molar-refractivity contribution in [3.63, 3.8) is 0 Å². The van der Waals surface area contributed by atoms with Gasteiger partial charge in [-0.05, 0) is 68.4 Å². The van der Waals surface area contributed by atoms with E-state index in [-0.39, 0.29) is 52.1 Å². The third kappa shape index (κ3) is 3.08. The van der Waals surface area contributed by atoms with Gasteiger partial charge in [0.1, 0.15) is 23.9 Å². The van der Waals surface area contributed by atoms with Gasteiger partial charge in [-0.15, -0.1) is 11.6 Å². The van der Waals surface area contributed by atoms with Crippen molar-refractivity contribution in [3.8, 4) is 0 Å². The number of rotatable bonds is 3. The highest BCUT2D eigenvalue weighted by Gasteiger charge is 2.79. The van der Waals surface area contributed by atoms with Crippen molar-refractivity contribution in [3.05, 3.63) is 35.9 Å². The van der Waals surface area contributed by atoms with Crippen LogP contribution in [-0.4, -0.2) is 41.2 Å². The number of ether oxygens (including phenoxy) is 3. The molecule has 1 aromatic rings. The van der Waals surface area contributed by atoms with Gasteiger partial charge in [0.15, 0.2) is 0 Å². The highest BCUT2D eigenvalue weighted by Crippen LogP contribution is 2.74. The minimum Gasteiger partial charge on any atom is -0.462 e. The average molecular weight is 487 g/mol. The van der Waals surface area contributed by atoms with E-state index in [9.17, 15) is 9.59 Å². The van der Waals surface area contributed by atoms with Crippen LogP contribution in [0, 0.1) is 28.6 Å². The number of carbonyl (C=O) groups excluding carboxylic acids is 2. The Kier molecular flexibility index (Phi) is 5.18. The van der Waals surface area contributed by atoms with Gasteiger partial charge in [0.25, 0.3) is 0 Å². The second-order valence-corrected chi connectivity index (χ2v) is 12.4. The topological polar surface area (TPSA) is 65.1 Å². The van der Waals surface area contributed by atoms with E-state index >= 15 is 0 Å². The van der Waals surface area contributed by atoms with Gasteiger partial charge >= 0.3 is 11.9 Å². The molecular weight excluding hydrogens is 452 g/mol. The van der Waals surface area contributed by atoms with E-state index in [0.29, 0.717) is 23.3 Å². The number of fused-ring (bicyclic) bond motifs is 4. The smallest absolute Gasteiger partial charge is 0.338 e. The summed E-state index contributed by atoms with van der Waals surface area (Å²) in [5.41, 5.74) is 0.329. The molecule has 1 aromatic carbocycles. The summed E-state index contributed by atoms with van der Waals surface area (Å²) in [6, 6.07) is 9.22. The summed E-state index contributed by atoms with van der Waals surface area (Å²) < 4.78 is 18.3. The van der Waals surface area contributed by atoms with Crippen LogP contribution in [0.25, 0.3) is 0 Å². The lowest BCUT2D eigenvalue weighted by atomic mass is 9.45. The van der Waals surface area contributed by atoms with Crippen molar-refractivity contribution in [1.29, 1.82) is 0 Å². The predicted octanol–water partition coefficient (Wildman–Crippen LogP) is 5.54. The van der Waals surface area contributed by atoms with Crippen molar-refractivity contribution in [2.45, 2.75) is 95.0 Å². The Morgan fingerprint density at radius 2 is 1.76 bits per heavy atom. The molecule has 0 aromatic heterocycles. The van der Waals surface area contributed by atoms with Crippen LogP contribution in [0.1, 0.15) is 76.1 Å². The van der Waals surface area contributed by atoms with Crippen molar-refractivity contribution < 1.29 is 23.8 Å². The molecule has 1 aliphatic heterocycles. The fourth-order valence-corrected chi connectivity index (χ4v) is 9.41. The minimum absolute atomic E-state index is 0.00631. The molecule has 5 unspecified atom stereocenters. The molecule has 34 heavy (non-hydrogen) atoms. The number of alkyl halides is 1. The molecule has 0 bridgehead atoms. The highest BCUT2D eigenvalue weighted by atomic mass is 35.5. The molecule has 1 saturated heterocycles. The van der Waals surface area contributed by atoms with E-state index in [2.05, 4.69) is 13.8 Å². The Bertz CT molecular complexity index is 998. The largest absolute Gasteiger partial charge is 0.462 e. The van der Waals surface area contributed by atoms with E-state index in [0.717, 1.165) is 44.9 Å². The van der Waals surface area contributed by atoms with E-state index in [1.54, 1.807) is 12.1 Å². The monoisotopic (exact) mass is 486 g/mol. The van der Waals surface area contributed by atoms with E-state index in [1.807, 2.05) is 18.2 Å². The van der Waals surface area contributed by atoms with Gasteiger partial charge in [0.05, 0.1) is 10.9 Å². The molecule has 1 heterocycles. The van der Waals surface area contributed by atoms with Gasteiger partial charge in [-0.2, -0.15) is 0 Å². The summed E-state index contributed by atoms with van der Waals surface area (Å²) in [4.78, 5) is 24.5. The number of epoxide rings is 1. The first-order valence-electron chi connectivity index (χ1n) is 12.9. The van der Waals surface area contributed by atoms with Crippen LogP contribution in [0.2, 0.25) is 0 Å². The Labute approximate surface area is 206 Å². The second kappa shape index (κ2) is 7.70. The summed E-state index contributed by atoms with van der Waals surface area (Å²) in [5, 5.41) is -0.0534. The zero-order valence-electron chi connectivity index (χ0n) is 20.3. The lowest BCUT2D eigenvalue weighted by Crippen LogP contribution is -2.62. The fraction of sp³-hybridized carbons (Fsp3) is 0.714. The standard InChI is InChI=1S/C28H35ClO5/c1-16(30)32-21-10-9-19-22-20(12-13-26(19,21)2)27(3)14-11-18(15-28(27)24(34-28)23(22)29)33-25(31)17-7-5-4-6-8-17/h4-8,18-24H,9-15H2,1-3H3/t18?,19-,20+,21?,22-,23?,24?,26-,27+,28?/m0/s1. The molecule has 10 atom stereocenters. The molecule has 6 rings (SSSR count). The van der Waals surface area contributed by atoms with E-state index in [1.165, 1.54) is 6.92 Å². The van der Waals surface area contributed by atoms with Gasteiger partial charge in [0.2, 0.25) is 0 Å². The maximum Gasteiger partial charge on any atom is 0.338 e. The van der Waals surface area contributed by atoms with Gasteiger partial charge < -0.3 is 14.2 Å². The number of hydrogen-bond acceptors (Lipinski definition) is 5. The van der Waals surface area contributed by atoms with E-state index < -0.39 is 0 Å². The maximum atomic E-state index is 12.7. The fourth-order valence-electron chi connectivity index (χ4n) is 8.81.